The van der Waals surface area contributed by atoms with Crippen LogP contribution in [0.2, 0.25) is 0 Å². The van der Waals surface area contributed by atoms with Crippen LogP contribution in [0, 0.1) is 0 Å². The monoisotopic (exact) mass is 342 g/mol. The van der Waals surface area contributed by atoms with Crippen molar-refractivity contribution < 1.29 is 23.7 Å². The van der Waals surface area contributed by atoms with E-state index < -0.39 is 0 Å². The van der Waals surface area contributed by atoms with Gasteiger partial charge in [0.15, 0.2) is 5.52 Å². The number of carbonyl (C=O) groups is 1. The van der Waals surface area contributed by atoms with Gasteiger partial charge in [-0.05, 0) is 26.0 Å². The van der Waals surface area contributed by atoms with Crippen molar-refractivity contribution in [1.29, 1.82) is 0 Å². The quantitative estimate of drug-likeness (QED) is 0.570. The average molecular weight is 342 g/mol. The van der Waals surface area contributed by atoms with Gasteiger partial charge in [0.25, 0.3) is 0 Å². The minimum absolute atomic E-state index is 0. The summed E-state index contributed by atoms with van der Waals surface area (Å²) in [7, 11) is 6.14. The Morgan fingerprint density at radius 3 is 1.71 bits per heavy atom. The topological polar surface area (TPSA) is 54.0 Å². The molecule has 0 aromatic heterocycles. The van der Waals surface area contributed by atoms with Crippen molar-refractivity contribution in [3.8, 4) is 23.0 Å². The Labute approximate surface area is 155 Å². The molecule has 0 aliphatic carbocycles. The van der Waals surface area contributed by atoms with Crippen LogP contribution < -0.4 is 24.3 Å². The first kappa shape index (κ1) is 20.4. The van der Waals surface area contributed by atoms with Gasteiger partial charge >= 0.3 is 18.9 Å². The van der Waals surface area contributed by atoms with E-state index in [-0.39, 0.29) is 33.0 Å². The summed E-state index contributed by atoms with van der Waals surface area (Å²) in [4.78, 5) is 12.7. The van der Waals surface area contributed by atoms with E-state index in [0.29, 0.717) is 22.8 Å². The van der Waals surface area contributed by atoms with Crippen LogP contribution in [0.15, 0.2) is 36.4 Å². The van der Waals surface area contributed by atoms with Crippen molar-refractivity contribution in [2.24, 2.45) is 0 Å². The molecule has 7 heteroatoms. The molecule has 5 nitrogen and oxygen atoms in total. The Morgan fingerprint density at radius 2 is 1.29 bits per heavy atom. The van der Waals surface area contributed by atoms with Crippen molar-refractivity contribution >= 4 is 38.3 Å². The molecule has 0 amide bonds. The van der Waals surface area contributed by atoms with Gasteiger partial charge in [-0.1, -0.05) is 12.1 Å². The van der Waals surface area contributed by atoms with E-state index >= 15 is 0 Å². The van der Waals surface area contributed by atoms with Gasteiger partial charge in [-0.3, -0.25) is 4.79 Å². The fraction of sp³-hybridized carbons (Fsp3) is 0.235. The van der Waals surface area contributed by atoms with E-state index in [2.05, 4.69) is 0 Å². The molecule has 0 bridgehead atoms. The molecular formula is C17H20LiO5P. The molecule has 2 aromatic rings. The Morgan fingerprint density at radius 1 is 0.792 bits per heavy atom. The number of benzene rings is 2. The Kier molecular flexibility index (Phi) is 8.14. The predicted octanol–water partition coefficient (Wildman–Crippen LogP) is 2.22. The van der Waals surface area contributed by atoms with Crippen LogP contribution in [0.4, 0.5) is 0 Å². The van der Waals surface area contributed by atoms with Crippen molar-refractivity contribution in [2.45, 2.75) is 0 Å². The van der Waals surface area contributed by atoms with Gasteiger partial charge in [0.2, 0.25) is 0 Å². The zero-order chi connectivity index (χ0) is 16.8. The summed E-state index contributed by atoms with van der Waals surface area (Å²) in [6.07, 6.45) is 0. The first-order valence-corrected chi connectivity index (χ1v) is 7.88. The van der Waals surface area contributed by atoms with Gasteiger partial charge < -0.3 is 18.9 Å². The van der Waals surface area contributed by atoms with Gasteiger partial charge in [0.05, 0.1) is 28.4 Å². The molecule has 2 rings (SSSR count). The molecule has 1 atom stereocenters. The third kappa shape index (κ3) is 4.67. The summed E-state index contributed by atoms with van der Waals surface area (Å²) in [6, 6.07) is 10.8. The summed E-state index contributed by atoms with van der Waals surface area (Å²) < 4.78 is 21.0. The number of ether oxygens (including phenoxy) is 4. The zero-order valence-corrected chi connectivity index (χ0v) is 14.5. The number of methoxy groups -OCH3 is 4. The van der Waals surface area contributed by atoms with Crippen LogP contribution in [-0.4, -0.2) is 52.8 Å². The molecule has 0 radical (unpaired) electrons. The maximum absolute atomic E-state index is 12.7. The fourth-order valence-electron chi connectivity index (χ4n) is 2.10. The number of hydrogen-bond donors (Lipinski definition) is 0. The van der Waals surface area contributed by atoms with Gasteiger partial charge in [0, 0.05) is 12.1 Å². The van der Waals surface area contributed by atoms with E-state index in [1.54, 1.807) is 26.4 Å². The van der Waals surface area contributed by atoms with Gasteiger partial charge in [-0.15, -0.1) is 0 Å². The first-order valence-electron chi connectivity index (χ1n) is 6.88. The molecule has 0 spiro atoms. The molecule has 0 N–H and O–H groups in total. The van der Waals surface area contributed by atoms with E-state index in [1.807, 2.05) is 24.3 Å². The number of carbonyl (C=O) groups excluding carboxylic acids is 1. The van der Waals surface area contributed by atoms with Crippen molar-refractivity contribution in [3.05, 3.63) is 42.0 Å². The maximum atomic E-state index is 12.7. The molecule has 0 saturated carbocycles. The second-order valence-corrected chi connectivity index (χ2v) is 5.87. The molecule has 24 heavy (non-hydrogen) atoms. The van der Waals surface area contributed by atoms with Crippen LogP contribution in [0.1, 0.15) is 10.4 Å². The van der Waals surface area contributed by atoms with Crippen molar-refractivity contribution in [1.82, 2.24) is 0 Å². The summed E-state index contributed by atoms with van der Waals surface area (Å²) in [5.74, 6) is 2.20. The Hall–Kier alpha value is -1.66. The second-order valence-electron chi connectivity index (χ2n) is 4.59. The fourth-order valence-corrected chi connectivity index (χ4v) is 3.06. The van der Waals surface area contributed by atoms with Gasteiger partial charge in [-0.25, -0.2) is 0 Å². The van der Waals surface area contributed by atoms with Gasteiger partial charge in [0.1, 0.15) is 28.6 Å². The Balaban J connectivity index is 0.00000288. The third-order valence-corrected chi connectivity index (χ3v) is 4.39. The van der Waals surface area contributed by atoms with Crippen molar-refractivity contribution in [2.75, 3.05) is 28.4 Å². The van der Waals surface area contributed by atoms with E-state index in [9.17, 15) is 4.79 Å². The van der Waals surface area contributed by atoms with Crippen LogP contribution in [-0.2, 0) is 0 Å². The molecule has 0 fully saturated rings. The molecule has 0 heterocycles. The van der Waals surface area contributed by atoms with Crippen LogP contribution in [0.3, 0.4) is 0 Å². The third-order valence-electron chi connectivity index (χ3n) is 3.29. The molecule has 0 saturated heterocycles. The van der Waals surface area contributed by atoms with E-state index in [1.165, 1.54) is 14.2 Å². The van der Waals surface area contributed by atoms with Crippen LogP contribution in [0.25, 0.3) is 0 Å². The summed E-state index contributed by atoms with van der Waals surface area (Å²) in [5, 5.41) is 0.913. The predicted molar refractivity (Wildman–Crippen MR) is 98.5 cm³/mol. The molecule has 0 aliphatic heterocycles. The SMILES string of the molecule is COc1ccc(PC(=O)c2c(OC)cc(OC)cc2OC)cc1.[LiH]. The molecule has 124 valence electrons. The van der Waals surface area contributed by atoms with E-state index in [0.717, 1.165) is 11.1 Å². The first-order chi connectivity index (χ1) is 11.1. The molecule has 1 unspecified atom stereocenters. The zero-order valence-electron chi connectivity index (χ0n) is 13.5. The summed E-state index contributed by atoms with van der Waals surface area (Å²) >= 11 is 0. The van der Waals surface area contributed by atoms with Crippen molar-refractivity contribution in [3.63, 3.8) is 0 Å². The average Bonchev–Trinajstić information content (AvgIpc) is 2.60. The number of rotatable bonds is 7. The number of hydrogen-bond acceptors (Lipinski definition) is 5. The summed E-state index contributed by atoms with van der Waals surface area (Å²) in [5.41, 5.74) is 0.358. The summed E-state index contributed by atoms with van der Waals surface area (Å²) in [6.45, 7) is 0. The molecular weight excluding hydrogens is 322 g/mol. The van der Waals surface area contributed by atoms with Gasteiger partial charge in [-0.2, -0.15) is 0 Å². The van der Waals surface area contributed by atoms with Crippen LogP contribution >= 0.6 is 8.58 Å². The minimum atomic E-state index is -0.0634. The van der Waals surface area contributed by atoms with Crippen LogP contribution in [0.5, 0.6) is 23.0 Å². The molecule has 2 aromatic carbocycles. The van der Waals surface area contributed by atoms with E-state index in [4.69, 9.17) is 18.9 Å². The molecule has 0 aliphatic rings. The Bertz CT molecular complexity index is 663. The normalized spacial score (nSPS) is 10.2. The standard InChI is InChI=1S/C17H19O5P.Li.H/c1-19-11-5-7-13(8-6-11)23-17(18)16-14(21-3)9-12(20-2)10-15(16)22-4;;/h5-10,23H,1-4H3;;. The second kappa shape index (κ2) is 9.59.